The highest BCUT2D eigenvalue weighted by molar-refractivity contribution is 7.91. The third-order valence-electron chi connectivity index (χ3n) is 4.19. The Morgan fingerprint density at radius 1 is 1.26 bits per heavy atom. The van der Waals surface area contributed by atoms with Crippen molar-refractivity contribution in [1.29, 1.82) is 0 Å². The molecule has 7 heteroatoms. The number of piperidine rings is 1. The van der Waals surface area contributed by atoms with Gasteiger partial charge in [-0.15, -0.1) is 0 Å². The molecular formula is C16H21NO5S. The van der Waals surface area contributed by atoms with E-state index in [-0.39, 0.29) is 28.9 Å². The first kappa shape index (κ1) is 17.5. The van der Waals surface area contributed by atoms with Gasteiger partial charge in [-0.1, -0.05) is 19.1 Å². The Kier molecular flexibility index (Phi) is 5.41. The van der Waals surface area contributed by atoms with Crippen LogP contribution in [0.1, 0.15) is 25.3 Å². The molecule has 0 saturated carbocycles. The van der Waals surface area contributed by atoms with Crippen molar-refractivity contribution in [3.05, 3.63) is 29.8 Å². The molecule has 1 fully saturated rings. The first-order chi connectivity index (χ1) is 10.8. The fraction of sp³-hybridized carbons (Fsp3) is 0.500. The van der Waals surface area contributed by atoms with Crippen molar-refractivity contribution in [2.75, 3.05) is 18.8 Å². The van der Waals surface area contributed by atoms with Gasteiger partial charge in [-0.2, -0.15) is 0 Å². The van der Waals surface area contributed by atoms with Gasteiger partial charge >= 0.3 is 5.97 Å². The molecule has 1 saturated heterocycles. The fourth-order valence-corrected chi connectivity index (χ4v) is 3.63. The molecule has 0 atom stereocenters. The molecule has 1 aromatic carbocycles. The van der Waals surface area contributed by atoms with E-state index >= 15 is 0 Å². The lowest BCUT2D eigenvalue weighted by Gasteiger charge is -2.30. The summed E-state index contributed by atoms with van der Waals surface area (Å²) in [5.74, 6) is -1.26. The van der Waals surface area contributed by atoms with Crippen LogP contribution in [0, 0.1) is 5.92 Å². The predicted octanol–water partition coefficient (Wildman–Crippen LogP) is 1.35. The third-order valence-corrected chi connectivity index (χ3v) is 5.92. The number of rotatable bonds is 5. The highest BCUT2D eigenvalue weighted by Gasteiger charge is 2.27. The third kappa shape index (κ3) is 4.31. The van der Waals surface area contributed by atoms with Crippen LogP contribution < -0.4 is 0 Å². The lowest BCUT2D eigenvalue weighted by atomic mass is 9.96. The molecule has 1 heterocycles. The second kappa shape index (κ2) is 7.12. The number of hydrogen-bond acceptors (Lipinski definition) is 4. The number of hydrogen-bond donors (Lipinski definition) is 1. The summed E-state index contributed by atoms with van der Waals surface area (Å²) in [6.07, 6.45) is 1.06. The van der Waals surface area contributed by atoms with Crippen LogP contribution in [0.25, 0.3) is 0 Å². The number of aliphatic carboxylic acids is 1. The SMILES string of the molecule is CCS(=O)(=O)c1cccc(CC(=O)N2CCC(C(=O)O)CC2)c1. The van der Waals surface area contributed by atoms with Gasteiger partial charge in [-0.05, 0) is 30.5 Å². The van der Waals surface area contributed by atoms with Crippen molar-refractivity contribution in [1.82, 2.24) is 4.90 Å². The molecule has 1 aliphatic heterocycles. The molecule has 6 nitrogen and oxygen atoms in total. The molecule has 2 rings (SSSR count). The minimum atomic E-state index is -3.29. The molecule has 0 radical (unpaired) electrons. The molecular weight excluding hydrogens is 318 g/mol. The molecule has 0 aromatic heterocycles. The van der Waals surface area contributed by atoms with Gasteiger partial charge < -0.3 is 10.0 Å². The summed E-state index contributed by atoms with van der Waals surface area (Å²) in [5, 5.41) is 8.97. The van der Waals surface area contributed by atoms with Crippen molar-refractivity contribution in [3.8, 4) is 0 Å². The predicted molar refractivity (Wildman–Crippen MR) is 84.8 cm³/mol. The molecule has 126 valence electrons. The lowest BCUT2D eigenvalue weighted by Crippen LogP contribution is -2.41. The number of carbonyl (C=O) groups is 2. The molecule has 1 aromatic rings. The second-order valence-electron chi connectivity index (χ2n) is 5.72. The van der Waals surface area contributed by atoms with E-state index in [4.69, 9.17) is 5.11 Å². The van der Waals surface area contributed by atoms with Crippen LogP contribution in [0.4, 0.5) is 0 Å². The summed E-state index contributed by atoms with van der Waals surface area (Å²) in [6.45, 7) is 2.45. The fourth-order valence-electron chi connectivity index (χ4n) is 2.68. The zero-order valence-corrected chi connectivity index (χ0v) is 13.9. The van der Waals surface area contributed by atoms with Crippen molar-refractivity contribution in [2.45, 2.75) is 31.1 Å². The van der Waals surface area contributed by atoms with Crippen LogP contribution >= 0.6 is 0 Å². The normalized spacial score (nSPS) is 16.3. The Balaban J connectivity index is 2.01. The first-order valence-electron chi connectivity index (χ1n) is 7.65. The van der Waals surface area contributed by atoms with E-state index < -0.39 is 15.8 Å². The van der Waals surface area contributed by atoms with Crippen molar-refractivity contribution in [3.63, 3.8) is 0 Å². The number of carboxylic acid groups (broad SMARTS) is 1. The van der Waals surface area contributed by atoms with Crippen molar-refractivity contribution < 1.29 is 23.1 Å². The number of nitrogens with zero attached hydrogens (tertiary/aromatic N) is 1. The van der Waals surface area contributed by atoms with Gasteiger partial charge in [0.2, 0.25) is 5.91 Å². The van der Waals surface area contributed by atoms with E-state index in [1.807, 2.05) is 0 Å². The maximum atomic E-state index is 12.3. The monoisotopic (exact) mass is 339 g/mol. The van der Waals surface area contributed by atoms with Gasteiger partial charge in [0.25, 0.3) is 0 Å². The Hall–Kier alpha value is -1.89. The second-order valence-corrected chi connectivity index (χ2v) is 8.00. The number of sulfone groups is 1. The summed E-state index contributed by atoms with van der Waals surface area (Å²) in [4.78, 5) is 25.1. The quantitative estimate of drug-likeness (QED) is 0.874. The zero-order valence-electron chi connectivity index (χ0n) is 13.1. The van der Waals surface area contributed by atoms with E-state index in [2.05, 4.69) is 0 Å². The van der Waals surface area contributed by atoms with Gasteiger partial charge in [0.05, 0.1) is 23.0 Å². The summed E-state index contributed by atoms with van der Waals surface area (Å²) in [6, 6.07) is 6.45. The van der Waals surface area contributed by atoms with Crippen LogP contribution in [0.2, 0.25) is 0 Å². The van der Waals surface area contributed by atoms with E-state index in [0.29, 0.717) is 31.5 Å². The van der Waals surface area contributed by atoms with E-state index in [9.17, 15) is 18.0 Å². The zero-order chi connectivity index (χ0) is 17.0. The van der Waals surface area contributed by atoms with Crippen LogP contribution in [0.3, 0.4) is 0 Å². The number of benzene rings is 1. The molecule has 1 amide bonds. The van der Waals surface area contributed by atoms with Crippen molar-refractivity contribution in [2.24, 2.45) is 5.92 Å². The largest absolute Gasteiger partial charge is 0.481 e. The first-order valence-corrected chi connectivity index (χ1v) is 9.31. The Morgan fingerprint density at radius 3 is 2.48 bits per heavy atom. The molecule has 1 N–H and O–H groups in total. The smallest absolute Gasteiger partial charge is 0.306 e. The van der Waals surface area contributed by atoms with E-state index in [1.54, 1.807) is 30.0 Å². The average Bonchev–Trinajstić information content (AvgIpc) is 2.55. The van der Waals surface area contributed by atoms with Gasteiger partial charge in [0, 0.05) is 13.1 Å². The summed E-state index contributed by atoms with van der Waals surface area (Å²) >= 11 is 0. The standard InChI is InChI=1S/C16H21NO5S/c1-2-23(21,22)14-5-3-4-12(10-14)11-15(18)17-8-6-13(7-9-17)16(19)20/h3-5,10,13H,2,6-9,11H2,1H3,(H,19,20). The Morgan fingerprint density at radius 2 is 1.91 bits per heavy atom. The molecule has 0 unspecified atom stereocenters. The number of amides is 1. The summed E-state index contributed by atoms with van der Waals surface area (Å²) < 4.78 is 23.8. The maximum absolute atomic E-state index is 12.3. The van der Waals surface area contributed by atoms with Gasteiger partial charge in [0.1, 0.15) is 0 Å². The molecule has 0 bridgehead atoms. The van der Waals surface area contributed by atoms with Crippen LogP contribution in [-0.2, 0) is 25.8 Å². The number of carboxylic acids is 1. The van der Waals surface area contributed by atoms with Gasteiger partial charge in [0.15, 0.2) is 9.84 Å². The highest BCUT2D eigenvalue weighted by atomic mass is 32.2. The molecule has 0 spiro atoms. The minimum absolute atomic E-state index is 0.0209. The van der Waals surface area contributed by atoms with Crippen LogP contribution in [-0.4, -0.2) is 49.1 Å². The summed E-state index contributed by atoms with van der Waals surface area (Å²) in [5.41, 5.74) is 0.657. The lowest BCUT2D eigenvalue weighted by molar-refractivity contribution is -0.145. The van der Waals surface area contributed by atoms with Crippen LogP contribution in [0.15, 0.2) is 29.2 Å². The van der Waals surface area contributed by atoms with Crippen LogP contribution in [0.5, 0.6) is 0 Å². The Labute approximate surface area is 136 Å². The van der Waals surface area contributed by atoms with E-state index in [1.165, 1.54) is 6.07 Å². The minimum Gasteiger partial charge on any atom is -0.481 e. The number of likely N-dealkylation sites (tertiary alicyclic amines) is 1. The summed E-state index contributed by atoms with van der Waals surface area (Å²) in [7, 11) is -3.29. The average molecular weight is 339 g/mol. The topological polar surface area (TPSA) is 91.8 Å². The van der Waals surface area contributed by atoms with Gasteiger partial charge in [-0.3, -0.25) is 9.59 Å². The van der Waals surface area contributed by atoms with E-state index in [0.717, 1.165) is 0 Å². The molecule has 0 aliphatic carbocycles. The Bertz CT molecular complexity index is 690. The number of carbonyl (C=O) groups excluding carboxylic acids is 1. The highest BCUT2D eigenvalue weighted by Crippen LogP contribution is 2.19. The maximum Gasteiger partial charge on any atom is 0.306 e. The van der Waals surface area contributed by atoms with Gasteiger partial charge in [-0.25, -0.2) is 8.42 Å². The molecule has 1 aliphatic rings. The van der Waals surface area contributed by atoms with Crippen molar-refractivity contribution >= 4 is 21.7 Å². The molecule has 23 heavy (non-hydrogen) atoms.